The molecule has 2 aromatic heterocycles. The Labute approximate surface area is 158 Å². The molecule has 1 N–H and O–H groups in total. The van der Waals surface area contributed by atoms with Crippen molar-refractivity contribution in [2.45, 2.75) is 13.8 Å². The quantitative estimate of drug-likeness (QED) is 0.468. The van der Waals surface area contributed by atoms with Gasteiger partial charge in [0.25, 0.3) is 5.91 Å². The van der Waals surface area contributed by atoms with Crippen molar-refractivity contribution >= 4 is 38.6 Å². The summed E-state index contributed by atoms with van der Waals surface area (Å²) >= 11 is 3.40. The average molecular weight is 411 g/mol. The fourth-order valence-corrected chi connectivity index (χ4v) is 3.34. The third-order valence-corrected chi connectivity index (χ3v) is 5.05. The minimum atomic E-state index is -0.221. The third-order valence-electron chi connectivity index (χ3n) is 4.10. The van der Waals surface area contributed by atoms with Gasteiger partial charge >= 0.3 is 0 Å². The summed E-state index contributed by atoms with van der Waals surface area (Å²) in [7, 11) is 0. The molecule has 2 aromatic carbocycles. The Balaban J connectivity index is 1.57. The lowest BCUT2D eigenvalue weighted by atomic mass is 10.2. The average Bonchev–Trinajstić information content (AvgIpc) is 3.16. The van der Waals surface area contributed by atoms with Gasteiger partial charge in [-0.3, -0.25) is 4.79 Å². The number of benzene rings is 2. The van der Waals surface area contributed by atoms with Crippen molar-refractivity contribution in [3.8, 4) is 11.5 Å². The molecule has 6 heteroatoms. The summed E-state index contributed by atoms with van der Waals surface area (Å²) in [6.07, 6.45) is 0. The van der Waals surface area contributed by atoms with Gasteiger partial charge < -0.3 is 14.2 Å². The van der Waals surface area contributed by atoms with Crippen molar-refractivity contribution in [1.82, 2.24) is 4.98 Å². The number of amides is 1. The molecule has 0 saturated heterocycles. The Morgan fingerprint density at radius 3 is 2.38 bits per heavy atom. The molecule has 0 atom stereocenters. The SMILES string of the molecule is Cc1oc(C)c(C(=O)Nc2ccc(-c3nc4ccccc4o3)cc2)c1Br. The molecule has 4 aromatic rings. The maximum Gasteiger partial charge on any atom is 0.260 e. The van der Waals surface area contributed by atoms with Gasteiger partial charge in [0.1, 0.15) is 17.0 Å². The van der Waals surface area contributed by atoms with Crippen LogP contribution in [-0.4, -0.2) is 10.9 Å². The number of aromatic nitrogens is 1. The topological polar surface area (TPSA) is 68.3 Å². The summed E-state index contributed by atoms with van der Waals surface area (Å²) in [4.78, 5) is 17.0. The molecule has 5 nitrogen and oxygen atoms in total. The number of halogens is 1. The van der Waals surface area contributed by atoms with Gasteiger partial charge in [-0.05, 0) is 66.2 Å². The number of aryl methyl sites for hydroxylation is 2. The van der Waals surface area contributed by atoms with E-state index in [0.717, 1.165) is 16.7 Å². The highest BCUT2D eigenvalue weighted by Gasteiger charge is 2.20. The predicted octanol–water partition coefficient (Wildman–Crippen LogP) is 5.72. The van der Waals surface area contributed by atoms with Gasteiger partial charge in [-0.2, -0.15) is 0 Å². The number of nitrogens with zero attached hydrogens (tertiary/aromatic N) is 1. The Morgan fingerprint density at radius 2 is 1.73 bits per heavy atom. The number of para-hydroxylation sites is 2. The summed E-state index contributed by atoms with van der Waals surface area (Å²) in [5, 5.41) is 2.88. The van der Waals surface area contributed by atoms with Crippen LogP contribution in [0.2, 0.25) is 0 Å². The smallest absolute Gasteiger partial charge is 0.260 e. The number of nitrogens with one attached hydrogen (secondary N) is 1. The van der Waals surface area contributed by atoms with E-state index in [9.17, 15) is 4.79 Å². The second-order valence-electron chi connectivity index (χ2n) is 5.92. The predicted molar refractivity (Wildman–Crippen MR) is 103 cm³/mol. The lowest BCUT2D eigenvalue weighted by Gasteiger charge is -2.05. The Bertz CT molecular complexity index is 1080. The summed E-state index contributed by atoms with van der Waals surface area (Å²) in [5.74, 6) is 1.59. The number of carbonyl (C=O) groups excluding carboxylic acids is 1. The van der Waals surface area contributed by atoms with Crippen LogP contribution in [0, 0.1) is 13.8 Å². The Morgan fingerprint density at radius 1 is 1.00 bits per heavy atom. The highest BCUT2D eigenvalue weighted by atomic mass is 79.9. The minimum Gasteiger partial charge on any atom is -0.465 e. The maximum atomic E-state index is 12.5. The van der Waals surface area contributed by atoms with Crippen molar-refractivity contribution < 1.29 is 13.6 Å². The first-order valence-electron chi connectivity index (χ1n) is 8.06. The number of fused-ring (bicyclic) bond motifs is 1. The zero-order valence-electron chi connectivity index (χ0n) is 14.2. The first-order valence-corrected chi connectivity index (χ1v) is 8.85. The number of oxazole rings is 1. The van der Waals surface area contributed by atoms with Crippen LogP contribution >= 0.6 is 15.9 Å². The molecule has 4 rings (SSSR count). The molecule has 1 amide bonds. The van der Waals surface area contributed by atoms with E-state index in [-0.39, 0.29) is 5.91 Å². The molecule has 0 spiro atoms. The van der Waals surface area contributed by atoms with E-state index >= 15 is 0 Å². The van der Waals surface area contributed by atoms with Crippen molar-refractivity contribution in [3.05, 3.63) is 70.1 Å². The van der Waals surface area contributed by atoms with Crippen LogP contribution in [0.15, 0.2) is 61.8 Å². The van der Waals surface area contributed by atoms with E-state index in [2.05, 4.69) is 26.2 Å². The maximum absolute atomic E-state index is 12.5. The lowest BCUT2D eigenvalue weighted by Crippen LogP contribution is -2.12. The minimum absolute atomic E-state index is 0.221. The fraction of sp³-hybridized carbons (Fsp3) is 0.100. The molecule has 2 heterocycles. The largest absolute Gasteiger partial charge is 0.465 e. The molecule has 0 aliphatic carbocycles. The van der Waals surface area contributed by atoms with Gasteiger partial charge in [-0.1, -0.05) is 12.1 Å². The first-order chi connectivity index (χ1) is 12.5. The Kier molecular flexibility index (Phi) is 4.12. The number of furan rings is 1. The molecule has 0 aliphatic heterocycles. The third kappa shape index (κ3) is 2.93. The molecule has 130 valence electrons. The number of anilines is 1. The van der Waals surface area contributed by atoms with Gasteiger partial charge in [0.05, 0.1) is 10.0 Å². The van der Waals surface area contributed by atoms with Crippen LogP contribution in [0.4, 0.5) is 5.69 Å². The van der Waals surface area contributed by atoms with Crippen LogP contribution in [0.3, 0.4) is 0 Å². The van der Waals surface area contributed by atoms with Crippen LogP contribution in [0.1, 0.15) is 21.9 Å². The normalized spacial score (nSPS) is 11.0. The molecule has 0 saturated carbocycles. The van der Waals surface area contributed by atoms with Gasteiger partial charge in [0.15, 0.2) is 5.58 Å². The van der Waals surface area contributed by atoms with E-state index in [0.29, 0.717) is 33.1 Å². The number of rotatable bonds is 3. The van der Waals surface area contributed by atoms with Crippen LogP contribution < -0.4 is 5.32 Å². The van der Waals surface area contributed by atoms with E-state index in [1.165, 1.54) is 0 Å². The van der Waals surface area contributed by atoms with Crippen LogP contribution in [0.25, 0.3) is 22.6 Å². The monoisotopic (exact) mass is 410 g/mol. The Hall–Kier alpha value is -2.86. The number of hydrogen-bond donors (Lipinski definition) is 1. The number of hydrogen-bond acceptors (Lipinski definition) is 4. The zero-order valence-corrected chi connectivity index (χ0v) is 15.8. The summed E-state index contributed by atoms with van der Waals surface area (Å²) < 4.78 is 11.9. The lowest BCUT2D eigenvalue weighted by molar-refractivity contribution is 0.102. The summed E-state index contributed by atoms with van der Waals surface area (Å²) in [5.41, 5.74) is 3.59. The highest BCUT2D eigenvalue weighted by Crippen LogP contribution is 2.29. The second kappa shape index (κ2) is 6.46. The standard InChI is InChI=1S/C20H15BrN2O3/c1-11-17(18(21)12(2)25-11)19(24)22-14-9-7-13(8-10-14)20-23-15-5-3-4-6-16(15)26-20/h3-10H,1-2H3,(H,22,24). The fourth-order valence-electron chi connectivity index (χ4n) is 2.80. The van der Waals surface area contributed by atoms with E-state index in [4.69, 9.17) is 8.83 Å². The van der Waals surface area contributed by atoms with Crippen molar-refractivity contribution in [2.24, 2.45) is 0 Å². The van der Waals surface area contributed by atoms with Gasteiger partial charge in [0.2, 0.25) is 5.89 Å². The van der Waals surface area contributed by atoms with Crippen LogP contribution in [0.5, 0.6) is 0 Å². The second-order valence-corrected chi connectivity index (χ2v) is 6.71. The molecule has 26 heavy (non-hydrogen) atoms. The van der Waals surface area contributed by atoms with Gasteiger partial charge in [0, 0.05) is 11.3 Å². The molecule has 0 fully saturated rings. The van der Waals surface area contributed by atoms with Crippen LogP contribution in [-0.2, 0) is 0 Å². The molecular formula is C20H15BrN2O3. The molecule has 0 aliphatic rings. The van der Waals surface area contributed by atoms with E-state index in [1.807, 2.05) is 55.5 Å². The van der Waals surface area contributed by atoms with Crippen molar-refractivity contribution in [1.29, 1.82) is 0 Å². The molecular weight excluding hydrogens is 396 g/mol. The van der Waals surface area contributed by atoms with Crippen molar-refractivity contribution in [2.75, 3.05) is 5.32 Å². The first kappa shape index (κ1) is 16.6. The molecule has 0 unspecified atom stereocenters. The molecule has 0 bridgehead atoms. The number of carbonyl (C=O) groups is 1. The van der Waals surface area contributed by atoms with Gasteiger partial charge in [-0.25, -0.2) is 4.98 Å². The van der Waals surface area contributed by atoms with E-state index in [1.54, 1.807) is 6.92 Å². The highest BCUT2D eigenvalue weighted by molar-refractivity contribution is 9.10. The van der Waals surface area contributed by atoms with Gasteiger partial charge in [-0.15, -0.1) is 0 Å². The van der Waals surface area contributed by atoms with Crippen molar-refractivity contribution in [3.63, 3.8) is 0 Å². The summed E-state index contributed by atoms with van der Waals surface area (Å²) in [6.45, 7) is 3.58. The zero-order chi connectivity index (χ0) is 18.3. The van der Waals surface area contributed by atoms with E-state index < -0.39 is 0 Å². The summed E-state index contributed by atoms with van der Waals surface area (Å²) in [6, 6.07) is 15.0. The molecule has 0 radical (unpaired) electrons.